The number of rotatable bonds is 6. The fraction of sp³-hybridized carbons (Fsp3) is 0.812. The van der Waals surface area contributed by atoms with Crippen molar-refractivity contribution < 1.29 is 9.53 Å². The average Bonchev–Trinajstić information content (AvgIpc) is 2.50. The second-order valence-corrected chi connectivity index (χ2v) is 6.01. The lowest BCUT2D eigenvalue weighted by atomic mass is 9.77. The monoisotopic (exact) mass is 280 g/mol. The van der Waals surface area contributed by atoms with Crippen LogP contribution in [0.4, 0.5) is 0 Å². The van der Waals surface area contributed by atoms with Crippen LogP contribution in [0.3, 0.4) is 0 Å². The number of amides is 1. The normalized spacial score (nSPS) is 29.6. The molecule has 0 aromatic heterocycles. The number of carbonyl (C=O) groups is 1. The summed E-state index contributed by atoms with van der Waals surface area (Å²) in [5.41, 5.74) is 0. The molecule has 3 unspecified atom stereocenters. The van der Waals surface area contributed by atoms with Gasteiger partial charge in [-0.2, -0.15) is 0 Å². The van der Waals surface area contributed by atoms with Gasteiger partial charge >= 0.3 is 0 Å². The fourth-order valence-electron chi connectivity index (χ4n) is 3.56. The number of ether oxygens (including phenoxy) is 1. The summed E-state index contributed by atoms with van der Waals surface area (Å²) in [5, 5.41) is 3.60. The van der Waals surface area contributed by atoms with E-state index in [4.69, 9.17) is 4.74 Å². The molecule has 1 aliphatic heterocycles. The lowest BCUT2D eigenvalue weighted by Crippen LogP contribution is -2.56. The van der Waals surface area contributed by atoms with Gasteiger partial charge in [-0.25, -0.2) is 0 Å². The predicted octanol–water partition coefficient (Wildman–Crippen LogP) is 1.96. The van der Waals surface area contributed by atoms with Crippen LogP contribution in [0.1, 0.15) is 38.5 Å². The second-order valence-electron chi connectivity index (χ2n) is 6.01. The number of nitrogens with one attached hydrogen (secondary N) is 1. The average molecular weight is 280 g/mol. The lowest BCUT2D eigenvalue weighted by Gasteiger charge is -2.41. The van der Waals surface area contributed by atoms with E-state index >= 15 is 0 Å². The van der Waals surface area contributed by atoms with Gasteiger partial charge in [0.1, 0.15) is 0 Å². The zero-order chi connectivity index (χ0) is 14.4. The zero-order valence-electron chi connectivity index (χ0n) is 12.6. The molecule has 0 aromatic carbocycles. The van der Waals surface area contributed by atoms with Crippen LogP contribution in [0.2, 0.25) is 0 Å². The van der Waals surface area contributed by atoms with Gasteiger partial charge in [0.25, 0.3) is 0 Å². The van der Waals surface area contributed by atoms with Gasteiger partial charge in [-0.15, -0.1) is 6.58 Å². The quantitative estimate of drug-likeness (QED) is 0.756. The van der Waals surface area contributed by atoms with Crippen LogP contribution in [0, 0.1) is 5.92 Å². The van der Waals surface area contributed by atoms with Crippen molar-refractivity contribution in [3.8, 4) is 0 Å². The fourth-order valence-corrected chi connectivity index (χ4v) is 3.56. The molecule has 0 aromatic rings. The zero-order valence-corrected chi connectivity index (χ0v) is 12.6. The molecule has 0 radical (unpaired) electrons. The smallest absolute Gasteiger partial charge is 0.240 e. The van der Waals surface area contributed by atoms with Gasteiger partial charge in [0, 0.05) is 26.2 Å². The molecule has 0 bridgehead atoms. The first kappa shape index (κ1) is 15.5. The summed E-state index contributed by atoms with van der Waals surface area (Å²) < 4.78 is 5.09. The van der Waals surface area contributed by atoms with Crippen LogP contribution in [0.5, 0.6) is 0 Å². The van der Waals surface area contributed by atoms with Crippen LogP contribution in [-0.2, 0) is 9.53 Å². The highest BCUT2D eigenvalue weighted by molar-refractivity contribution is 5.82. The van der Waals surface area contributed by atoms with Crippen molar-refractivity contribution in [1.82, 2.24) is 10.2 Å². The van der Waals surface area contributed by atoms with Gasteiger partial charge in [0.15, 0.2) is 0 Å². The molecule has 1 aliphatic carbocycles. The summed E-state index contributed by atoms with van der Waals surface area (Å²) in [4.78, 5) is 14.5. The molecule has 2 rings (SSSR count). The summed E-state index contributed by atoms with van der Waals surface area (Å²) in [6.07, 6.45) is 9.18. The van der Waals surface area contributed by atoms with E-state index in [-0.39, 0.29) is 11.9 Å². The van der Waals surface area contributed by atoms with Gasteiger partial charge in [-0.3, -0.25) is 4.79 Å². The SMILES string of the molecule is C=CCN(CCOC)C(=O)C1CCC2CCCCC2N1. The standard InChI is InChI=1S/C16H28N2O2/c1-3-10-18(11-12-20-2)16(19)15-9-8-13-6-4-5-7-14(13)17-15/h3,13-15,17H,1,4-12H2,2H3. The van der Waals surface area contributed by atoms with Crippen molar-refractivity contribution in [3.05, 3.63) is 12.7 Å². The Hall–Kier alpha value is -0.870. The van der Waals surface area contributed by atoms with Crippen molar-refractivity contribution in [2.75, 3.05) is 26.8 Å². The van der Waals surface area contributed by atoms with Crippen LogP contribution in [0.15, 0.2) is 12.7 Å². The van der Waals surface area contributed by atoms with E-state index in [9.17, 15) is 4.79 Å². The van der Waals surface area contributed by atoms with E-state index < -0.39 is 0 Å². The molecule has 3 atom stereocenters. The van der Waals surface area contributed by atoms with Crippen molar-refractivity contribution in [2.24, 2.45) is 5.92 Å². The minimum Gasteiger partial charge on any atom is -0.383 e. The molecule has 2 fully saturated rings. The number of carbonyl (C=O) groups excluding carboxylic acids is 1. The number of piperidine rings is 1. The molecule has 4 nitrogen and oxygen atoms in total. The van der Waals surface area contributed by atoms with Crippen molar-refractivity contribution >= 4 is 5.91 Å². The number of methoxy groups -OCH3 is 1. The molecule has 0 spiro atoms. The van der Waals surface area contributed by atoms with E-state index in [1.807, 2.05) is 4.90 Å². The first-order chi connectivity index (χ1) is 9.76. The number of hydrogen-bond donors (Lipinski definition) is 1. The summed E-state index contributed by atoms with van der Waals surface area (Å²) >= 11 is 0. The molecule has 114 valence electrons. The highest BCUT2D eigenvalue weighted by atomic mass is 16.5. The Morgan fingerprint density at radius 2 is 2.15 bits per heavy atom. The Kier molecular flexibility index (Phi) is 6.05. The number of fused-ring (bicyclic) bond motifs is 1. The Labute approximate surface area is 122 Å². The molecule has 20 heavy (non-hydrogen) atoms. The summed E-state index contributed by atoms with van der Waals surface area (Å²) in [6.45, 7) is 5.58. The summed E-state index contributed by atoms with van der Waals surface area (Å²) in [7, 11) is 1.67. The van der Waals surface area contributed by atoms with E-state index in [1.54, 1.807) is 13.2 Å². The first-order valence-corrected chi connectivity index (χ1v) is 7.91. The van der Waals surface area contributed by atoms with E-state index in [0.29, 0.717) is 25.7 Å². The molecule has 1 amide bonds. The Balaban J connectivity index is 1.91. The summed E-state index contributed by atoms with van der Waals surface area (Å²) in [5.74, 6) is 1.01. The maximum Gasteiger partial charge on any atom is 0.240 e. The topological polar surface area (TPSA) is 41.6 Å². The Bertz CT molecular complexity index is 332. The molecular formula is C16H28N2O2. The lowest BCUT2D eigenvalue weighted by molar-refractivity contribution is -0.135. The molecule has 4 heteroatoms. The third-order valence-electron chi connectivity index (χ3n) is 4.68. The van der Waals surface area contributed by atoms with E-state index in [2.05, 4.69) is 11.9 Å². The van der Waals surface area contributed by atoms with Crippen LogP contribution in [-0.4, -0.2) is 49.7 Å². The molecule has 1 heterocycles. The van der Waals surface area contributed by atoms with Gasteiger partial charge in [0.05, 0.1) is 12.6 Å². The van der Waals surface area contributed by atoms with Gasteiger partial charge in [0.2, 0.25) is 5.91 Å². The van der Waals surface area contributed by atoms with Gasteiger partial charge < -0.3 is 15.0 Å². The number of hydrogen-bond acceptors (Lipinski definition) is 3. The maximum absolute atomic E-state index is 12.6. The van der Waals surface area contributed by atoms with Crippen LogP contribution < -0.4 is 5.32 Å². The summed E-state index contributed by atoms with van der Waals surface area (Å²) in [6, 6.07) is 0.547. The molecule has 2 aliphatic rings. The molecule has 1 saturated heterocycles. The van der Waals surface area contributed by atoms with Gasteiger partial charge in [-0.05, 0) is 31.6 Å². The van der Waals surface area contributed by atoms with Gasteiger partial charge in [-0.1, -0.05) is 18.9 Å². The van der Waals surface area contributed by atoms with Crippen LogP contribution >= 0.6 is 0 Å². The highest BCUT2D eigenvalue weighted by Gasteiger charge is 2.35. The first-order valence-electron chi connectivity index (χ1n) is 7.91. The minimum atomic E-state index is -0.00819. The second kappa shape index (κ2) is 7.79. The molecular weight excluding hydrogens is 252 g/mol. The van der Waals surface area contributed by atoms with Crippen molar-refractivity contribution in [1.29, 1.82) is 0 Å². The largest absolute Gasteiger partial charge is 0.383 e. The van der Waals surface area contributed by atoms with Crippen molar-refractivity contribution in [3.63, 3.8) is 0 Å². The third kappa shape index (κ3) is 3.83. The van der Waals surface area contributed by atoms with E-state index in [1.165, 1.54) is 32.1 Å². The molecule has 1 N–H and O–H groups in total. The third-order valence-corrected chi connectivity index (χ3v) is 4.68. The number of nitrogens with zero attached hydrogens (tertiary/aromatic N) is 1. The Morgan fingerprint density at radius 1 is 1.35 bits per heavy atom. The predicted molar refractivity (Wildman–Crippen MR) is 80.6 cm³/mol. The maximum atomic E-state index is 12.6. The highest BCUT2D eigenvalue weighted by Crippen LogP contribution is 2.32. The Morgan fingerprint density at radius 3 is 2.90 bits per heavy atom. The minimum absolute atomic E-state index is 0.00819. The molecule has 1 saturated carbocycles. The van der Waals surface area contributed by atoms with Crippen LogP contribution in [0.25, 0.3) is 0 Å². The van der Waals surface area contributed by atoms with Crippen molar-refractivity contribution in [2.45, 2.75) is 50.6 Å². The van der Waals surface area contributed by atoms with E-state index in [0.717, 1.165) is 12.3 Å².